The van der Waals surface area contributed by atoms with Gasteiger partial charge in [0.05, 0.1) is 52.6 Å². The topological polar surface area (TPSA) is 284 Å². The van der Waals surface area contributed by atoms with Crippen LogP contribution < -0.4 is 38.5 Å². The molecule has 4 unspecified atom stereocenters. The van der Waals surface area contributed by atoms with E-state index in [0.29, 0.717) is 71.4 Å². The molecule has 12 heterocycles. The first-order chi connectivity index (χ1) is 56.9. The summed E-state index contributed by atoms with van der Waals surface area (Å²) in [4.78, 5) is 96.4. The molecular weight excluding hydrogens is 1470 g/mol. The summed E-state index contributed by atoms with van der Waals surface area (Å²) in [6, 6.07) is 50.2. The highest BCUT2D eigenvalue weighted by Crippen LogP contribution is 2.50. The van der Waals surface area contributed by atoms with E-state index in [0.717, 1.165) is 175 Å². The van der Waals surface area contributed by atoms with E-state index >= 15 is 0 Å². The maximum atomic E-state index is 13.3. The van der Waals surface area contributed by atoms with Crippen LogP contribution in [0.25, 0.3) is 0 Å². The van der Waals surface area contributed by atoms with Gasteiger partial charge in [0.2, 0.25) is 23.6 Å². The Balaban J connectivity index is 0.000000111. The molecule has 4 aliphatic carbocycles. The van der Waals surface area contributed by atoms with Gasteiger partial charge < -0.3 is 38.5 Å². The molecule has 0 radical (unpaired) electrons. The Hall–Kier alpha value is -11.8. The zero-order valence-electron chi connectivity index (χ0n) is 66.1. The molecule has 8 aliphatic heterocycles. The van der Waals surface area contributed by atoms with Gasteiger partial charge in [-0.25, -0.2) is 40.0 Å². The first-order valence-corrected chi connectivity index (χ1v) is 41.0. The highest BCUT2D eigenvalue weighted by molar-refractivity contribution is 5.85. The lowest BCUT2D eigenvalue weighted by Crippen LogP contribution is -2.33. The molecule has 28 nitrogen and oxygen atoms in total. The lowest BCUT2D eigenvalue weighted by molar-refractivity contribution is -0.138. The van der Waals surface area contributed by atoms with Gasteiger partial charge in [-0.3, -0.25) is 19.2 Å². The van der Waals surface area contributed by atoms with Crippen molar-refractivity contribution in [1.29, 1.82) is 0 Å². The Morgan fingerprint density at radius 3 is 0.647 bits per heavy atom. The largest absolute Gasteiger partial charge is 0.467 e. The molecule has 28 heteroatoms. The molecule has 20 rings (SSSR count). The minimum atomic E-state index is 0.0362. The maximum absolute atomic E-state index is 13.3. The van der Waals surface area contributed by atoms with E-state index in [1.54, 1.807) is 73.3 Å². The summed E-state index contributed by atoms with van der Waals surface area (Å²) in [5.74, 6) is 8.75. The van der Waals surface area contributed by atoms with Crippen LogP contribution in [-0.2, 0) is 19.2 Å². The van der Waals surface area contributed by atoms with Gasteiger partial charge in [0.15, 0.2) is 0 Å². The van der Waals surface area contributed by atoms with E-state index in [9.17, 15) is 19.2 Å². The van der Waals surface area contributed by atoms with Crippen molar-refractivity contribution in [2.45, 2.75) is 101 Å². The average molecular weight is 1570 g/mol. The molecule has 0 N–H and O–H groups in total. The van der Waals surface area contributed by atoms with Crippen molar-refractivity contribution >= 4 is 71.8 Å². The van der Waals surface area contributed by atoms with Crippen LogP contribution in [0.15, 0.2) is 191 Å². The Bertz CT molecular complexity index is 4220. The van der Waals surface area contributed by atoms with Gasteiger partial charge in [0, 0.05) is 151 Å². The number of hydrogen-bond donors (Lipinski definition) is 0. The van der Waals surface area contributed by atoms with Crippen molar-refractivity contribution < 1.29 is 38.1 Å². The minimum Gasteiger partial charge on any atom is -0.467 e. The Labute approximate surface area is 676 Å². The summed E-state index contributed by atoms with van der Waals surface area (Å²) in [5.41, 5.74) is 4.61. The highest BCUT2D eigenvalue weighted by atomic mass is 16.5. The third kappa shape index (κ3) is 16.4. The van der Waals surface area contributed by atoms with Crippen LogP contribution >= 0.6 is 0 Å². The fraction of sp³-hybridized carbons (Fsp3) is 0.455. The minimum absolute atomic E-state index is 0.0362. The molecule has 4 aromatic heterocycles. The first kappa shape index (κ1) is 76.8. The maximum Gasteiger partial charge on any atom is 0.318 e. The third-order valence-electron chi connectivity index (χ3n) is 25.9. The van der Waals surface area contributed by atoms with Gasteiger partial charge in [-0.05, 0) is 145 Å². The number of carbonyl (C=O) groups is 4. The number of anilines is 4. The van der Waals surface area contributed by atoms with Gasteiger partial charge >= 0.3 is 24.0 Å². The number of hydrogen-bond acceptors (Lipinski definition) is 24. The van der Waals surface area contributed by atoms with Crippen molar-refractivity contribution in [2.24, 2.45) is 91.4 Å². The predicted octanol–water partition coefficient (Wildman–Crippen LogP) is 11.6. The lowest BCUT2D eigenvalue weighted by Gasteiger charge is -2.26. The summed E-state index contributed by atoms with van der Waals surface area (Å²) in [7, 11) is 6.32. The summed E-state index contributed by atoms with van der Waals surface area (Å²) in [6.07, 6.45) is 25.0. The summed E-state index contributed by atoms with van der Waals surface area (Å²) >= 11 is 0. The van der Waals surface area contributed by atoms with Crippen LogP contribution in [-0.4, -0.2) is 189 Å². The number of benzene rings is 4. The Morgan fingerprint density at radius 2 is 0.466 bits per heavy atom. The number of amides is 4. The molecule has 8 fully saturated rings. The molecule has 4 amide bonds. The van der Waals surface area contributed by atoms with Crippen molar-refractivity contribution in [3.8, 4) is 24.0 Å². The number of carbonyl (C=O) groups excluding carboxylic acids is 4. The second kappa shape index (κ2) is 34.7. The smallest absolute Gasteiger partial charge is 0.318 e. The fourth-order valence-corrected chi connectivity index (χ4v) is 20.2. The molecule has 12 aliphatic rings. The molecule has 0 spiro atoms. The molecule has 4 saturated carbocycles. The monoisotopic (exact) mass is 1560 g/mol. The van der Waals surface area contributed by atoms with Gasteiger partial charge in [0.25, 0.3) is 0 Å². The van der Waals surface area contributed by atoms with Crippen LogP contribution in [0, 0.1) is 71.0 Å². The lowest BCUT2D eigenvalue weighted by atomic mass is 10.0. The van der Waals surface area contributed by atoms with E-state index in [1.807, 2.05) is 122 Å². The normalized spacial score (nSPS) is 28.0. The number of aromatic nitrogens is 8. The molecule has 600 valence electrons. The van der Waals surface area contributed by atoms with Crippen molar-refractivity contribution in [2.75, 3.05) is 100 Å². The summed E-state index contributed by atoms with van der Waals surface area (Å²) < 4.78 is 20.6. The van der Waals surface area contributed by atoms with Crippen LogP contribution in [0.1, 0.15) is 123 Å². The highest BCUT2D eigenvalue weighted by Gasteiger charge is 2.51. The average Bonchev–Trinajstić information content (AvgIpc) is 1.64. The number of methoxy groups -OCH3 is 4. The van der Waals surface area contributed by atoms with Gasteiger partial charge in [-0.2, -0.15) is 40.3 Å². The third-order valence-corrected chi connectivity index (χ3v) is 25.9. The molecule has 8 aromatic rings. The van der Waals surface area contributed by atoms with Crippen LogP contribution in [0.3, 0.4) is 0 Å². The van der Waals surface area contributed by atoms with E-state index in [1.165, 1.54) is 0 Å². The van der Waals surface area contributed by atoms with Crippen LogP contribution in [0.2, 0.25) is 0 Å². The molecule has 16 atom stereocenters. The molecule has 0 bridgehead atoms. The second-order valence-electron chi connectivity index (χ2n) is 32.6. The van der Waals surface area contributed by atoms with E-state index < -0.39 is 0 Å². The van der Waals surface area contributed by atoms with Crippen molar-refractivity contribution in [3.63, 3.8) is 0 Å². The molecule has 116 heavy (non-hydrogen) atoms. The number of rotatable bonds is 16. The van der Waals surface area contributed by atoms with E-state index in [4.69, 9.17) is 18.9 Å². The zero-order valence-corrected chi connectivity index (χ0v) is 66.1. The molecule has 4 aromatic carbocycles. The van der Waals surface area contributed by atoms with Crippen molar-refractivity contribution in [1.82, 2.24) is 59.9 Å². The summed E-state index contributed by atoms with van der Waals surface area (Å²) in [6.45, 7) is 7.44. The van der Waals surface area contributed by atoms with Crippen LogP contribution in [0.5, 0.6) is 24.0 Å². The van der Waals surface area contributed by atoms with E-state index in [-0.39, 0.29) is 71.5 Å². The van der Waals surface area contributed by atoms with Gasteiger partial charge in [-0.1, -0.05) is 121 Å². The molecular formula is C88H100N20O8. The van der Waals surface area contributed by atoms with E-state index in [2.05, 4.69) is 128 Å². The van der Waals surface area contributed by atoms with Crippen LogP contribution in [0.4, 0.5) is 23.3 Å². The first-order valence-electron chi connectivity index (χ1n) is 41.0. The number of nitrogens with zero attached hydrogens (tertiary/aromatic N) is 20. The van der Waals surface area contributed by atoms with Gasteiger partial charge in [-0.15, -0.1) is 0 Å². The Morgan fingerprint density at radius 1 is 0.276 bits per heavy atom. The standard InChI is InChI=1S/4C22H25N5O2/c4*1-29-22-23-9-8-20(25-22)26-13-17-11-16(12-18(17)14-26)21(28)27-19(7-10-24-27)15-5-3-2-4-6-15/h4*2-6,8-10,16-19H,7,11-14H2,1H3/t4*16?,17-,18+,19-/m1100/s1. The summed E-state index contributed by atoms with van der Waals surface area (Å²) in [5, 5.41) is 24.6. The molecule has 4 saturated heterocycles. The zero-order chi connectivity index (χ0) is 79.2. The predicted molar refractivity (Wildman–Crippen MR) is 439 cm³/mol. The quantitative estimate of drug-likeness (QED) is 0.0868. The second-order valence-corrected chi connectivity index (χ2v) is 32.6. The number of hydrazone groups is 4. The fourth-order valence-electron chi connectivity index (χ4n) is 20.2. The number of fused-ring (bicyclic) bond motifs is 4. The van der Waals surface area contributed by atoms with Gasteiger partial charge in [0.1, 0.15) is 23.3 Å². The van der Waals surface area contributed by atoms with Crippen molar-refractivity contribution in [3.05, 3.63) is 193 Å². The Kier molecular flexibility index (Phi) is 23.0. The number of ether oxygens (including phenoxy) is 4. The SMILES string of the molecule is COc1nccc(N2C[C@H]3CC(C(=O)N4N=CC[C@@H]4c4ccccc4)C[C@H]3C2)n1.COc1nccc(N2C[C@H]3CC(C(=O)N4N=CC[C@@H]4c4ccccc4)C[C@H]3C2)n1.COc1nccc(N2C[C@H]3CC(C(=O)N4N=CC[C@H]4c4ccccc4)C[C@H]3C2)n1.COc1nccc(N2C[C@H]3CC(C(=O)N4N=CC[C@H]4c4ccccc4)C[C@H]3C2)n1.